The van der Waals surface area contributed by atoms with Crippen LogP contribution in [-0.4, -0.2) is 13.1 Å². The fourth-order valence-electron chi connectivity index (χ4n) is 1.56. The number of nitrogens with one attached hydrogen (secondary N) is 1. The SMILES string of the molecule is N#Cc1ccc(/C=C/CNCC2CC2)cc1. The Kier molecular flexibility index (Phi) is 3.74. The zero-order valence-corrected chi connectivity index (χ0v) is 9.32. The van der Waals surface area contributed by atoms with Gasteiger partial charge in [0.2, 0.25) is 0 Å². The van der Waals surface area contributed by atoms with Crippen LogP contribution in [-0.2, 0) is 0 Å². The lowest BCUT2D eigenvalue weighted by Crippen LogP contribution is -2.16. The molecule has 0 spiro atoms. The lowest BCUT2D eigenvalue weighted by Gasteiger charge is -1.98. The van der Waals surface area contributed by atoms with E-state index in [2.05, 4.69) is 23.5 Å². The summed E-state index contributed by atoms with van der Waals surface area (Å²) in [5.41, 5.74) is 1.86. The number of nitrogens with zero attached hydrogens (tertiary/aromatic N) is 1. The van der Waals surface area contributed by atoms with Crippen LogP contribution in [0.1, 0.15) is 24.0 Å². The van der Waals surface area contributed by atoms with E-state index in [-0.39, 0.29) is 0 Å². The van der Waals surface area contributed by atoms with Crippen molar-refractivity contribution in [3.05, 3.63) is 41.5 Å². The second kappa shape index (κ2) is 5.48. The van der Waals surface area contributed by atoms with Gasteiger partial charge >= 0.3 is 0 Å². The molecule has 1 aliphatic rings. The van der Waals surface area contributed by atoms with Gasteiger partial charge in [0.15, 0.2) is 0 Å². The molecule has 1 saturated carbocycles. The van der Waals surface area contributed by atoms with E-state index < -0.39 is 0 Å². The van der Waals surface area contributed by atoms with Crippen LogP contribution in [0.15, 0.2) is 30.3 Å². The van der Waals surface area contributed by atoms with E-state index in [0.717, 1.165) is 24.6 Å². The molecular formula is C14H16N2. The third-order valence-electron chi connectivity index (χ3n) is 2.74. The smallest absolute Gasteiger partial charge is 0.0991 e. The largest absolute Gasteiger partial charge is 0.313 e. The van der Waals surface area contributed by atoms with E-state index in [4.69, 9.17) is 5.26 Å². The number of hydrogen-bond acceptors (Lipinski definition) is 2. The zero-order valence-electron chi connectivity index (χ0n) is 9.32. The quantitative estimate of drug-likeness (QED) is 0.761. The van der Waals surface area contributed by atoms with Gasteiger partial charge in [0.05, 0.1) is 11.6 Å². The second-order valence-corrected chi connectivity index (χ2v) is 4.24. The van der Waals surface area contributed by atoms with Gasteiger partial charge in [-0.3, -0.25) is 0 Å². The van der Waals surface area contributed by atoms with Gasteiger partial charge in [-0.15, -0.1) is 0 Å². The van der Waals surface area contributed by atoms with E-state index in [9.17, 15) is 0 Å². The molecule has 2 nitrogen and oxygen atoms in total. The average Bonchev–Trinajstić information content (AvgIpc) is 3.13. The Morgan fingerprint density at radius 2 is 2.06 bits per heavy atom. The van der Waals surface area contributed by atoms with Crippen LogP contribution in [0.2, 0.25) is 0 Å². The molecule has 0 aromatic heterocycles. The van der Waals surface area contributed by atoms with Crippen LogP contribution in [0.25, 0.3) is 6.08 Å². The molecule has 1 aromatic carbocycles. The number of rotatable bonds is 5. The maximum absolute atomic E-state index is 8.65. The number of benzene rings is 1. The van der Waals surface area contributed by atoms with Gasteiger partial charge in [-0.1, -0.05) is 24.3 Å². The summed E-state index contributed by atoms with van der Waals surface area (Å²) >= 11 is 0. The highest BCUT2D eigenvalue weighted by molar-refractivity contribution is 5.51. The highest BCUT2D eigenvalue weighted by Gasteiger charge is 2.19. The van der Waals surface area contributed by atoms with E-state index in [1.54, 1.807) is 0 Å². The first-order valence-corrected chi connectivity index (χ1v) is 5.76. The second-order valence-electron chi connectivity index (χ2n) is 4.24. The first-order chi connectivity index (χ1) is 7.88. The average molecular weight is 212 g/mol. The Labute approximate surface area is 96.6 Å². The molecule has 2 heteroatoms. The van der Waals surface area contributed by atoms with E-state index in [0.29, 0.717) is 5.56 Å². The summed E-state index contributed by atoms with van der Waals surface area (Å²) in [5.74, 6) is 0.934. The van der Waals surface area contributed by atoms with Crippen LogP contribution in [0.4, 0.5) is 0 Å². The van der Waals surface area contributed by atoms with Crippen molar-refractivity contribution in [2.24, 2.45) is 5.92 Å². The molecule has 1 N–H and O–H groups in total. The van der Waals surface area contributed by atoms with Gasteiger partial charge in [0, 0.05) is 6.54 Å². The van der Waals surface area contributed by atoms with Crippen molar-refractivity contribution in [1.29, 1.82) is 5.26 Å². The van der Waals surface area contributed by atoms with E-state index >= 15 is 0 Å². The van der Waals surface area contributed by atoms with Crippen LogP contribution in [0.3, 0.4) is 0 Å². The van der Waals surface area contributed by atoms with E-state index in [1.165, 1.54) is 12.8 Å². The molecule has 82 valence electrons. The van der Waals surface area contributed by atoms with Crippen molar-refractivity contribution in [3.63, 3.8) is 0 Å². The van der Waals surface area contributed by atoms with Crippen molar-refractivity contribution >= 4 is 6.08 Å². The van der Waals surface area contributed by atoms with Crippen LogP contribution < -0.4 is 5.32 Å². The molecule has 1 aromatic rings. The Bertz CT molecular complexity index is 394. The van der Waals surface area contributed by atoms with Crippen LogP contribution in [0.5, 0.6) is 0 Å². The first-order valence-electron chi connectivity index (χ1n) is 5.76. The molecule has 0 bridgehead atoms. The first kappa shape index (κ1) is 10.9. The van der Waals surface area contributed by atoms with Gasteiger partial charge in [0.1, 0.15) is 0 Å². The predicted molar refractivity (Wildman–Crippen MR) is 65.8 cm³/mol. The fraction of sp³-hybridized carbons (Fsp3) is 0.357. The van der Waals surface area contributed by atoms with Gasteiger partial charge < -0.3 is 5.32 Å². The maximum atomic E-state index is 8.65. The van der Waals surface area contributed by atoms with Crippen molar-refractivity contribution < 1.29 is 0 Å². The third kappa shape index (κ3) is 3.52. The molecule has 0 amide bonds. The highest BCUT2D eigenvalue weighted by Crippen LogP contribution is 2.27. The molecular weight excluding hydrogens is 196 g/mol. The summed E-state index contributed by atoms with van der Waals surface area (Å²) in [6, 6.07) is 9.74. The normalized spacial score (nSPS) is 15.2. The lowest BCUT2D eigenvalue weighted by atomic mass is 10.1. The van der Waals surface area contributed by atoms with Gasteiger partial charge in [-0.2, -0.15) is 5.26 Å². The molecule has 1 aliphatic carbocycles. The summed E-state index contributed by atoms with van der Waals surface area (Å²) in [6.45, 7) is 2.08. The highest BCUT2D eigenvalue weighted by atomic mass is 14.9. The van der Waals surface area contributed by atoms with Crippen molar-refractivity contribution in [2.45, 2.75) is 12.8 Å². The standard InChI is InChI=1S/C14H16N2/c15-10-13-5-3-12(4-6-13)2-1-9-16-11-14-7-8-14/h1-6,14,16H,7-9,11H2/b2-1+. The summed E-state index contributed by atoms with van der Waals surface area (Å²) in [5, 5.41) is 12.1. The third-order valence-corrected chi connectivity index (χ3v) is 2.74. The molecule has 0 aliphatic heterocycles. The van der Waals surface area contributed by atoms with Crippen molar-refractivity contribution in [2.75, 3.05) is 13.1 Å². The zero-order chi connectivity index (χ0) is 11.2. The topological polar surface area (TPSA) is 35.8 Å². The van der Waals surface area contributed by atoms with Gasteiger partial charge in [0.25, 0.3) is 0 Å². The van der Waals surface area contributed by atoms with Crippen molar-refractivity contribution in [1.82, 2.24) is 5.32 Å². The Morgan fingerprint density at radius 3 is 2.69 bits per heavy atom. The minimum atomic E-state index is 0.712. The Balaban J connectivity index is 1.74. The Hall–Kier alpha value is -1.59. The monoisotopic (exact) mass is 212 g/mol. The van der Waals surface area contributed by atoms with Crippen molar-refractivity contribution in [3.8, 4) is 6.07 Å². The fourth-order valence-corrected chi connectivity index (χ4v) is 1.56. The number of hydrogen-bond donors (Lipinski definition) is 1. The minimum absolute atomic E-state index is 0.712. The van der Waals surface area contributed by atoms with Gasteiger partial charge in [-0.05, 0) is 43.0 Å². The number of nitriles is 1. The summed E-state index contributed by atoms with van der Waals surface area (Å²) in [7, 11) is 0. The summed E-state index contributed by atoms with van der Waals surface area (Å²) in [6.07, 6.45) is 7.00. The molecule has 0 saturated heterocycles. The Morgan fingerprint density at radius 1 is 1.31 bits per heavy atom. The van der Waals surface area contributed by atoms with E-state index in [1.807, 2.05) is 24.3 Å². The summed E-state index contributed by atoms with van der Waals surface area (Å²) < 4.78 is 0. The molecule has 1 fully saturated rings. The van der Waals surface area contributed by atoms with Crippen LogP contribution >= 0.6 is 0 Å². The predicted octanol–water partition coefficient (Wildman–Crippen LogP) is 2.57. The molecule has 2 rings (SSSR count). The van der Waals surface area contributed by atoms with Gasteiger partial charge in [-0.25, -0.2) is 0 Å². The molecule has 0 unspecified atom stereocenters. The molecule has 0 heterocycles. The minimum Gasteiger partial charge on any atom is -0.313 e. The molecule has 16 heavy (non-hydrogen) atoms. The molecule has 0 atom stereocenters. The summed E-state index contributed by atoms with van der Waals surface area (Å²) in [4.78, 5) is 0. The lowest BCUT2D eigenvalue weighted by molar-refractivity contribution is 0.683. The maximum Gasteiger partial charge on any atom is 0.0991 e. The van der Waals surface area contributed by atoms with Crippen LogP contribution in [0, 0.1) is 17.2 Å². The molecule has 0 radical (unpaired) electrons.